The summed E-state index contributed by atoms with van der Waals surface area (Å²) in [4.78, 5) is 15.2. The van der Waals surface area contributed by atoms with Crippen molar-refractivity contribution in [2.45, 2.75) is 13.0 Å². The molecule has 1 aromatic rings. The second-order valence-corrected chi connectivity index (χ2v) is 3.69. The predicted molar refractivity (Wildman–Crippen MR) is 55.6 cm³/mol. The Hall–Kier alpha value is -1.14. The van der Waals surface area contributed by atoms with Crippen LogP contribution in [0.5, 0.6) is 0 Å². The number of methoxy groups -OCH3 is 1. The number of rotatable bonds is 4. The summed E-state index contributed by atoms with van der Waals surface area (Å²) in [6, 6.07) is -0.274. The number of nitrogens with one attached hydrogen (secondary N) is 2. The van der Waals surface area contributed by atoms with E-state index in [4.69, 9.17) is 4.74 Å². The number of ether oxygens (including phenoxy) is 1. The first kappa shape index (κ1) is 10.9. The van der Waals surface area contributed by atoms with Gasteiger partial charge in [0.1, 0.15) is 0 Å². The summed E-state index contributed by atoms with van der Waals surface area (Å²) < 4.78 is 4.88. The molecule has 0 unspecified atom stereocenters. The first-order chi connectivity index (χ1) is 6.72. The Morgan fingerprint density at radius 1 is 1.79 bits per heavy atom. The average Bonchev–Trinajstić information content (AvgIpc) is 2.56. The summed E-state index contributed by atoms with van der Waals surface area (Å²) in [6.07, 6.45) is 1.64. The highest BCUT2D eigenvalue weighted by molar-refractivity contribution is 7.13. The van der Waals surface area contributed by atoms with Crippen molar-refractivity contribution in [2.75, 3.05) is 19.0 Å². The lowest BCUT2D eigenvalue weighted by molar-refractivity contribution is 0.173. The number of carbonyl (C=O) groups excluding carboxylic acids is 1. The molecule has 0 bridgehead atoms. The Kier molecular flexibility index (Phi) is 4.34. The molecular weight excluding hydrogens is 202 g/mol. The molecular formula is C8H13N3O2S. The van der Waals surface area contributed by atoms with E-state index >= 15 is 0 Å². The van der Waals surface area contributed by atoms with Gasteiger partial charge in [-0.2, -0.15) is 0 Å². The number of hydrogen-bond donors (Lipinski definition) is 2. The highest BCUT2D eigenvalue weighted by atomic mass is 32.1. The van der Waals surface area contributed by atoms with Gasteiger partial charge in [0, 0.05) is 18.7 Å². The van der Waals surface area contributed by atoms with E-state index in [1.54, 1.807) is 18.7 Å². The third-order valence-corrected chi connectivity index (χ3v) is 2.14. The molecule has 1 atom stereocenters. The molecule has 0 aliphatic rings. The van der Waals surface area contributed by atoms with Crippen molar-refractivity contribution >= 4 is 22.5 Å². The Morgan fingerprint density at radius 2 is 2.57 bits per heavy atom. The van der Waals surface area contributed by atoms with Crippen LogP contribution in [0.4, 0.5) is 9.93 Å². The van der Waals surface area contributed by atoms with Gasteiger partial charge in [-0.25, -0.2) is 9.78 Å². The molecule has 0 aliphatic carbocycles. The molecule has 0 saturated heterocycles. The normalized spacial score (nSPS) is 12.1. The quantitative estimate of drug-likeness (QED) is 0.795. The van der Waals surface area contributed by atoms with E-state index in [9.17, 15) is 4.79 Å². The van der Waals surface area contributed by atoms with Crippen LogP contribution in [0.3, 0.4) is 0 Å². The Labute approximate surface area is 86.5 Å². The first-order valence-electron chi connectivity index (χ1n) is 4.18. The van der Waals surface area contributed by atoms with Gasteiger partial charge in [0.2, 0.25) is 0 Å². The van der Waals surface area contributed by atoms with Crippen LogP contribution in [-0.4, -0.2) is 30.8 Å². The molecule has 2 N–H and O–H groups in total. The molecule has 5 nitrogen and oxygen atoms in total. The third-order valence-electron chi connectivity index (χ3n) is 1.45. The minimum absolute atomic E-state index is 0.0139. The van der Waals surface area contributed by atoms with E-state index in [-0.39, 0.29) is 12.1 Å². The lowest BCUT2D eigenvalue weighted by atomic mass is 10.4. The average molecular weight is 215 g/mol. The fourth-order valence-electron chi connectivity index (χ4n) is 0.934. The number of anilines is 1. The minimum atomic E-state index is -0.260. The van der Waals surface area contributed by atoms with E-state index < -0.39 is 0 Å². The van der Waals surface area contributed by atoms with Gasteiger partial charge >= 0.3 is 6.03 Å². The SMILES string of the molecule is COC[C@H](C)NC(=O)Nc1nccs1. The van der Waals surface area contributed by atoms with Gasteiger partial charge in [-0.15, -0.1) is 11.3 Å². The first-order valence-corrected chi connectivity index (χ1v) is 5.06. The van der Waals surface area contributed by atoms with Gasteiger partial charge in [-0.3, -0.25) is 5.32 Å². The second kappa shape index (κ2) is 5.56. The Bertz CT molecular complexity index is 276. The zero-order valence-electron chi connectivity index (χ0n) is 8.11. The predicted octanol–water partition coefficient (Wildman–Crippen LogP) is 1.30. The van der Waals surface area contributed by atoms with Gasteiger partial charge < -0.3 is 10.1 Å². The minimum Gasteiger partial charge on any atom is -0.383 e. The highest BCUT2D eigenvalue weighted by Crippen LogP contribution is 2.09. The Balaban J connectivity index is 2.29. The van der Waals surface area contributed by atoms with Crippen LogP contribution in [-0.2, 0) is 4.74 Å². The summed E-state index contributed by atoms with van der Waals surface area (Å²) in [7, 11) is 1.59. The number of hydrogen-bond acceptors (Lipinski definition) is 4. The topological polar surface area (TPSA) is 63.2 Å². The zero-order valence-corrected chi connectivity index (χ0v) is 8.93. The van der Waals surface area contributed by atoms with E-state index in [0.29, 0.717) is 11.7 Å². The smallest absolute Gasteiger partial charge is 0.321 e. The maximum absolute atomic E-state index is 11.3. The number of thiazole rings is 1. The summed E-state index contributed by atoms with van der Waals surface area (Å²) >= 11 is 1.38. The van der Waals surface area contributed by atoms with Gasteiger partial charge in [0.25, 0.3) is 0 Å². The van der Waals surface area contributed by atoms with Crippen LogP contribution in [0.1, 0.15) is 6.92 Å². The van der Waals surface area contributed by atoms with Crippen molar-refractivity contribution in [3.63, 3.8) is 0 Å². The number of urea groups is 1. The fraction of sp³-hybridized carbons (Fsp3) is 0.500. The van der Waals surface area contributed by atoms with Crippen molar-refractivity contribution in [3.05, 3.63) is 11.6 Å². The van der Waals surface area contributed by atoms with E-state index in [1.807, 2.05) is 6.92 Å². The number of carbonyl (C=O) groups is 1. The van der Waals surface area contributed by atoms with Gasteiger partial charge in [0.05, 0.1) is 12.6 Å². The fourth-order valence-corrected chi connectivity index (χ4v) is 1.46. The van der Waals surface area contributed by atoms with Crippen LogP contribution < -0.4 is 10.6 Å². The van der Waals surface area contributed by atoms with Crippen LogP contribution in [0.15, 0.2) is 11.6 Å². The summed E-state index contributed by atoms with van der Waals surface area (Å²) in [6.45, 7) is 2.36. The molecule has 1 rings (SSSR count). The molecule has 0 aliphatic heterocycles. The molecule has 78 valence electrons. The molecule has 14 heavy (non-hydrogen) atoms. The summed E-state index contributed by atoms with van der Waals surface area (Å²) in [5.41, 5.74) is 0. The monoisotopic (exact) mass is 215 g/mol. The molecule has 0 spiro atoms. The van der Waals surface area contributed by atoms with Crippen molar-refractivity contribution in [1.29, 1.82) is 0 Å². The molecule has 6 heteroatoms. The second-order valence-electron chi connectivity index (χ2n) is 2.79. The van der Waals surface area contributed by atoms with E-state index in [0.717, 1.165) is 0 Å². The standard InChI is InChI=1S/C8H13N3O2S/c1-6(5-13-2)10-7(12)11-8-9-3-4-14-8/h3-4,6H,5H2,1-2H3,(H2,9,10,11,12)/t6-/m0/s1. The van der Waals surface area contributed by atoms with E-state index in [1.165, 1.54) is 11.3 Å². The highest BCUT2D eigenvalue weighted by Gasteiger charge is 2.07. The molecule has 2 amide bonds. The molecule has 1 aromatic heterocycles. The van der Waals surface area contributed by atoms with Gasteiger partial charge in [-0.05, 0) is 6.92 Å². The van der Waals surface area contributed by atoms with E-state index in [2.05, 4.69) is 15.6 Å². The largest absolute Gasteiger partial charge is 0.383 e. The molecule has 0 aromatic carbocycles. The number of nitrogens with zero attached hydrogens (tertiary/aromatic N) is 1. The third kappa shape index (κ3) is 3.71. The maximum atomic E-state index is 11.3. The van der Waals surface area contributed by atoms with Crippen molar-refractivity contribution in [3.8, 4) is 0 Å². The summed E-state index contributed by atoms with van der Waals surface area (Å²) in [5.74, 6) is 0. The van der Waals surface area contributed by atoms with Crippen LogP contribution >= 0.6 is 11.3 Å². The molecule has 0 fully saturated rings. The van der Waals surface area contributed by atoms with Crippen LogP contribution in [0, 0.1) is 0 Å². The van der Waals surface area contributed by atoms with Gasteiger partial charge in [-0.1, -0.05) is 0 Å². The lowest BCUT2D eigenvalue weighted by Gasteiger charge is -2.12. The zero-order chi connectivity index (χ0) is 10.4. The lowest BCUT2D eigenvalue weighted by Crippen LogP contribution is -2.38. The van der Waals surface area contributed by atoms with Crippen molar-refractivity contribution < 1.29 is 9.53 Å². The van der Waals surface area contributed by atoms with Crippen molar-refractivity contribution in [1.82, 2.24) is 10.3 Å². The molecule has 1 heterocycles. The maximum Gasteiger partial charge on any atom is 0.321 e. The number of aromatic nitrogens is 1. The van der Waals surface area contributed by atoms with Crippen LogP contribution in [0.25, 0.3) is 0 Å². The van der Waals surface area contributed by atoms with Gasteiger partial charge in [0.15, 0.2) is 5.13 Å². The van der Waals surface area contributed by atoms with Crippen molar-refractivity contribution in [2.24, 2.45) is 0 Å². The van der Waals surface area contributed by atoms with Crippen LogP contribution in [0.2, 0.25) is 0 Å². The summed E-state index contributed by atoms with van der Waals surface area (Å²) in [5, 5.41) is 7.71. The number of amides is 2. The Morgan fingerprint density at radius 3 is 3.14 bits per heavy atom. The molecule has 0 radical (unpaired) electrons. The molecule has 0 saturated carbocycles.